The van der Waals surface area contributed by atoms with Crippen molar-refractivity contribution in [3.63, 3.8) is 0 Å². The molecule has 0 saturated heterocycles. The predicted octanol–water partition coefficient (Wildman–Crippen LogP) is 3.77. The standard InChI is InChI=1S/C20H18N4O2S/c25-17(26-12-6-9-14-7-2-1-3-8-14)13-27-20-22-19-18(23-24-20)15-10-4-5-11-16(15)21-19/h1-5,7-8,10-11H,6,9,12-13H2,(H,21,22,24). The fraction of sp³-hybridized carbons (Fsp3) is 0.200. The summed E-state index contributed by atoms with van der Waals surface area (Å²) in [7, 11) is 0. The summed E-state index contributed by atoms with van der Waals surface area (Å²) in [6.45, 7) is 0.411. The summed E-state index contributed by atoms with van der Waals surface area (Å²) in [6, 6.07) is 18.0. The van der Waals surface area contributed by atoms with Gasteiger partial charge in [0.25, 0.3) is 0 Å². The number of fused-ring (bicyclic) bond motifs is 3. The van der Waals surface area contributed by atoms with Crippen LogP contribution in [0.1, 0.15) is 12.0 Å². The third-order valence-electron chi connectivity index (χ3n) is 4.14. The molecule has 0 amide bonds. The summed E-state index contributed by atoms with van der Waals surface area (Å²) in [4.78, 5) is 19.6. The van der Waals surface area contributed by atoms with Crippen LogP contribution in [0, 0.1) is 0 Å². The van der Waals surface area contributed by atoms with Gasteiger partial charge in [-0.05, 0) is 24.5 Å². The number of H-pyrrole nitrogens is 1. The highest BCUT2D eigenvalue weighted by molar-refractivity contribution is 7.99. The molecule has 0 unspecified atom stereocenters. The van der Waals surface area contributed by atoms with Gasteiger partial charge in [-0.2, -0.15) is 0 Å². The first-order chi connectivity index (χ1) is 13.3. The van der Waals surface area contributed by atoms with Crippen molar-refractivity contribution in [1.82, 2.24) is 20.2 Å². The minimum Gasteiger partial charge on any atom is -0.465 e. The average Bonchev–Trinajstić information content (AvgIpc) is 3.08. The number of aromatic nitrogens is 4. The van der Waals surface area contributed by atoms with E-state index in [4.69, 9.17) is 4.74 Å². The molecular weight excluding hydrogens is 360 g/mol. The Morgan fingerprint density at radius 1 is 1.04 bits per heavy atom. The van der Waals surface area contributed by atoms with Crippen LogP contribution in [0.25, 0.3) is 22.1 Å². The summed E-state index contributed by atoms with van der Waals surface area (Å²) >= 11 is 1.23. The van der Waals surface area contributed by atoms with Gasteiger partial charge in [0.1, 0.15) is 5.52 Å². The lowest BCUT2D eigenvalue weighted by atomic mass is 10.1. The molecule has 2 aromatic carbocycles. The lowest BCUT2D eigenvalue weighted by Gasteiger charge is -2.04. The van der Waals surface area contributed by atoms with Gasteiger partial charge in [-0.1, -0.05) is 60.3 Å². The van der Waals surface area contributed by atoms with Crippen LogP contribution >= 0.6 is 11.8 Å². The Labute approximate surface area is 160 Å². The van der Waals surface area contributed by atoms with Crippen molar-refractivity contribution < 1.29 is 9.53 Å². The normalized spacial score (nSPS) is 11.1. The van der Waals surface area contributed by atoms with Crippen LogP contribution in [-0.4, -0.2) is 38.5 Å². The highest BCUT2D eigenvalue weighted by Gasteiger charge is 2.11. The van der Waals surface area contributed by atoms with E-state index in [9.17, 15) is 4.79 Å². The minimum absolute atomic E-state index is 0.165. The van der Waals surface area contributed by atoms with Gasteiger partial charge >= 0.3 is 5.97 Å². The number of thioether (sulfide) groups is 1. The topological polar surface area (TPSA) is 80.8 Å². The van der Waals surface area contributed by atoms with Crippen LogP contribution < -0.4 is 0 Å². The summed E-state index contributed by atoms with van der Waals surface area (Å²) in [5.41, 5.74) is 3.62. The number of hydrogen-bond acceptors (Lipinski definition) is 6. The summed E-state index contributed by atoms with van der Waals surface area (Å²) in [5, 5.41) is 9.79. The first-order valence-electron chi connectivity index (χ1n) is 8.73. The molecule has 2 heterocycles. The highest BCUT2D eigenvalue weighted by atomic mass is 32.2. The molecule has 6 nitrogen and oxygen atoms in total. The molecule has 0 bridgehead atoms. The van der Waals surface area contributed by atoms with Gasteiger partial charge in [0.2, 0.25) is 5.16 Å². The van der Waals surface area contributed by atoms with E-state index in [-0.39, 0.29) is 11.7 Å². The van der Waals surface area contributed by atoms with E-state index in [1.165, 1.54) is 17.3 Å². The quantitative estimate of drug-likeness (QED) is 0.299. The molecule has 27 heavy (non-hydrogen) atoms. The smallest absolute Gasteiger partial charge is 0.316 e. The molecule has 0 fully saturated rings. The maximum Gasteiger partial charge on any atom is 0.316 e. The number of hydrogen-bond donors (Lipinski definition) is 1. The van der Waals surface area contributed by atoms with E-state index in [0.717, 1.165) is 29.3 Å². The zero-order chi connectivity index (χ0) is 18.5. The van der Waals surface area contributed by atoms with Gasteiger partial charge < -0.3 is 9.72 Å². The largest absolute Gasteiger partial charge is 0.465 e. The van der Waals surface area contributed by atoms with E-state index >= 15 is 0 Å². The number of nitrogens with one attached hydrogen (secondary N) is 1. The number of benzene rings is 2. The molecule has 0 spiro atoms. The first kappa shape index (κ1) is 17.5. The Morgan fingerprint density at radius 3 is 2.74 bits per heavy atom. The van der Waals surface area contributed by atoms with E-state index < -0.39 is 0 Å². The number of ether oxygens (including phenoxy) is 1. The maximum absolute atomic E-state index is 11.9. The van der Waals surface area contributed by atoms with Crippen LogP contribution in [0.5, 0.6) is 0 Å². The lowest BCUT2D eigenvalue weighted by Crippen LogP contribution is -2.09. The molecule has 2 aromatic heterocycles. The van der Waals surface area contributed by atoms with Crippen molar-refractivity contribution in [1.29, 1.82) is 0 Å². The molecule has 1 N–H and O–H groups in total. The Balaban J connectivity index is 1.28. The number of carbonyl (C=O) groups excluding carboxylic acids is 1. The average molecular weight is 378 g/mol. The van der Waals surface area contributed by atoms with Gasteiger partial charge in [-0.3, -0.25) is 4.79 Å². The van der Waals surface area contributed by atoms with Gasteiger partial charge in [-0.25, -0.2) is 4.98 Å². The molecule has 4 aromatic rings. The van der Waals surface area contributed by atoms with E-state index in [1.54, 1.807) is 0 Å². The molecule has 4 rings (SSSR count). The number of aryl methyl sites for hydroxylation is 1. The number of esters is 1. The van der Waals surface area contributed by atoms with Gasteiger partial charge in [0.05, 0.1) is 12.4 Å². The number of rotatable bonds is 7. The SMILES string of the molecule is O=C(CSc1nnc2c(n1)[nH]c1ccccc12)OCCCc1ccccc1. The van der Waals surface area contributed by atoms with Gasteiger partial charge in [0, 0.05) is 10.9 Å². The second-order valence-corrected chi connectivity index (χ2v) is 7.00. The first-order valence-corrected chi connectivity index (χ1v) is 9.71. The third kappa shape index (κ3) is 4.25. The number of nitrogens with zero attached hydrogens (tertiary/aromatic N) is 3. The second kappa shape index (κ2) is 8.18. The molecule has 0 radical (unpaired) electrons. The number of aromatic amines is 1. The minimum atomic E-state index is -0.270. The molecule has 0 saturated carbocycles. The Morgan fingerprint density at radius 2 is 1.85 bits per heavy atom. The van der Waals surface area contributed by atoms with Crippen molar-refractivity contribution in [2.75, 3.05) is 12.4 Å². The van der Waals surface area contributed by atoms with Crippen LogP contribution in [-0.2, 0) is 16.0 Å². The molecular formula is C20H18N4O2S. The van der Waals surface area contributed by atoms with Crippen LogP contribution in [0.15, 0.2) is 59.8 Å². The summed E-state index contributed by atoms with van der Waals surface area (Å²) in [5.74, 6) is -0.105. The number of carbonyl (C=O) groups is 1. The van der Waals surface area contributed by atoms with E-state index in [2.05, 4.69) is 32.3 Å². The molecule has 0 aliphatic rings. The monoisotopic (exact) mass is 378 g/mol. The van der Waals surface area contributed by atoms with Gasteiger partial charge in [0.15, 0.2) is 5.65 Å². The van der Waals surface area contributed by atoms with Crippen molar-refractivity contribution in [3.8, 4) is 0 Å². The molecule has 0 aliphatic heterocycles. The highest BCUT2D eigenvalue weighted by Crippen LogP contribution is 2.23. The fourth-order valence-electron chi connectivity index (χ4n) is 2.84. The van der Waals surface area contributed by atoms with E-state index in [0.29, 0.717) is 17.4 Å². The zero-order valence-electron chi connectivity index (χ0n) is 14.6. The van der Waals surface area contributed by atoms with Crippen molar-refractivity contribution in [2.24, 2.45) is 0 Å². The Kier molecular flexibility index (Phi) is 5.29. The summed E-state index contributed by atoms with van der Waals surface area (Å²) < 4.78 is 5.28. The molecule has 0 aliphatic carbocycles. The Hall–Kier alpha value is -2.93. The van der Waals surface area contributed by atoms with Gasteiger partial charge in [-0.15, -0.1) is 10.2 Å². The molecule has 7 heteroatoms. The fourth-order valence-corrected chi connectivity index (χ4v) is 3.42. The summed E-state index contributed by atoms with van der Waals surface area (Å²) in [6.07, 6.45) is 1.70. The predicted molar refractivity (Wildman–Crippen MR) is 106 cm³/mol. The number of para-hydroxylation sites is 1. The van der Waals surface area contributed by atoms with Crippen LogP contribution in [0.4, 0.5) is 0 Å². The van der Waals surface area contributed by atoms with Crippen molar-refractivity contribution >= 4 is 39.8 Å². The Bertz CT molecular complexity index is 1070. The zero-order valence-corrected chi connectivity index (χ0v) is 15.4. The van der Waals surface area contributed by atoms with Crippen LogP contribution in [0.2, 0.25) is 0 Å². The molecule has 0 atom stereocenters. The van der Waals surface area contributed by atoms with E-state index in [1.807, 2.05) is 42.5 Å². The lowest BCUT2D eigenvalue weighted by molar-refractivity contribution is -0.140. The van der Waals surface area contributed by atoms with Crippen molar-refractivity contribution in [2.45, 2.75) is 18.0 Å². The maximum atomic E-state index is 11.9. The molecule has 136 valence electrons. The second-order valence-electron chi connectivity index (χ2n) is 6.06. The van der Waals surface area contributed by atoms with Crippen LogP contribution in [0.3, 0.4) is 0 Å². The third-order valence-corrected chi connectivity index (χ3v) is 4.95. The van der Waals surface area contributed by atoms with Crippen molar-refractivity contribution in [3.05, 3.63) is 60.2 Å².